The lowest BCUT2D eigenvalue weighted by molar-refractivity contribution is -0.146. The molecule has 1 unspecified atom stereocenters. The molecular formula is C18H23N5O9S2. The van der Waals surface area contributed by atoms with Gasteiger partial charge in [0.1, 0.15) is 17.3 Å². The van der Waals surface area contributed by atoms with E-state index in [-0.39, 0.29) is 27.5 Å². The number of nitrogens with one attached hydrogen (secondary N) is 3. The van der Waals surface area contributed by atoms with Gasteiger partial charge in [-0.3, -0.25) is 29.0 Å². The van der Waals surface area contributed by atoms with E-state index >= 15 is 0 Å². The SMILES string of the molecule is CC(C)(C)OC(=O)Nc1nc(C(=O)C(=O)N[C@@H]2C(=O)N(S(=O)(=O)O)[C@@H]2CC2CCNC2=O)cs1. The van der Waals surface area contributed by atoms with Crippen molar-refractivity contribution in [3.63, 3.8) is 0 Å². The number of anilines is 1. The van der Waals surface area contributed by atoms with Gasteiger partial charge in [-0.25, -0.2) is 14.1 Å². The Morgan fingerprint density at radius 1 is 1.32 bits per heavy atom. The third-order valence-corrected chi connectivity index (χ3v) is 6.65. The predicted octanol–water partition coefficient (Wildman–Crippen LogP) is -0.303. The summed E-state index contributed by atoms with van der Waals surface area (Å²) in [5.74, 6) is -4.49. The van der Waals surface area contributed by atoms with E-state index in [1.165, 1.54) is 5.38 Å². The van der Waals surface area contributed by atoms with Crippen molar-refractivity contribution < 1.29 is 41.7 Å². The number of nitrogens with zero attached hydrogens (tertiary/aromatic N) is 2. The molecule has 186 valence electrons. The van der Waals surface area contributed by atoms with Crippen LogP contribution in [-0.2, 0) is 29.4 Å². The monoisotopic (exact) mass is 517 g/mol. The Balaban J connectivity index is 1.67. The van der Waals surface area contributed by atoms with Gasteiger partial charge in [-0.05, 0) is 33.6 Å². The molecule has 1 aromatic heterocycles. The number of thiazole rings is 1. The van der Waals surface area contributed by atoms with Crippen LogP contribution in [0.1, 0.15) is 44.1 Å². The van der Waals surface area contributed by atoms with Crippen LogP contribution in [0.15, 0.2) is 5.38 Å². The molecular weight excluding hydrogens is 494 g/mol. The highest BCUT2D eigenvalue weighted by atomic mass is 32.2. The molecule has 4 amide bonds. The first-order chi connectivity index (χ1) is 15.7. The van der Waals surface area contributed by atoms with Crippen LogP contribution in [0, 0.1) is 5.92 Å². The van der Waals surface area contributed by atoms with Crippen molar-refractivity contribution in [2.45, 2.75) is 51.3 Å². The predicted molar refractivity (Wildman–Crippen MR) is 116 cm³/mol. The summed E-state index contributed by atoms with van der Waals surface area (Å²) in [5.41, 5.74) is -1.08. The number of carbonyl (C=O) groups is 5. The lowest BCUT2D eigenvalue weighted by atomic mass is 9.88. The molecule has 0 spiro atoms. The van der Waals surface area contributed by atoms with Crippen molar-refractivity contribution in [3.05, 3.63) is 11.1 Å². The van der Waals surface area contributed by atoms with Crippen LogP contribution in [0.5, 0.6) is 0 Å². The number of β-lactam (4-membered cyclic amide) rings is 1. The number of aromatic nitrogens is 1. The summed E-state index contributed by atoms with van der Waals surface area (Å²) < 4.78 is 37.8. The molecule has 0 bridgehead atoms. The van der Waals surface area contributed by atoms with Crippen LogP contribution in [0.3, 0.4) is 0 Å². The van der Waals surface area contributed by atoms with E-state index < -0.39 is 57.6 Å². The van der Waals surface area contributed by atoms with Gasteiger partial charge in [0.05, 0.1) is 6.04 Å². The third-order valence-electron chi connectivity index (χ3n) is 4.94. The molecule has 34 heavy (non-hydrogen) atoms. The number of ketones is 1. The molecule has 0 aliphatic carbocycles. The Hall–Kier alpha value is -3.11. The van der Waals surface area contributed by atoms with Gasteiger partial charge in [-0.1, -0.05) is 0 Å². The van der Waals surface area contributed by atoms with Crippen molar-refractivity contribution in [1.82, 2.24) is 19.9 Å². The first-order valence-electron chi connectivity index (χ1n) is 10.1. The van der Waals surface area contributed by atoms with Gasteiger partial charge >= 0.3 is 16.4 Å². The van der Waals surface area contributed by atoms with E-state index in [0.717, 1.165) is 11.3 Å². The summed E-state index contributed by atoms with van der Waals surface area (Å²) in [5, 5.41) is 8.25. The van der Waals surface area contributed by atoms with Gasteiger partial charge in [-0.15, -0.1) is 11.3 Å². The fraction of sp³-hybridized carbons (Fsp3) is 0.556. The minimum atomic E-state index is -4.93. The van der Waals surface area contributed by atoms with Crippen molar-refractivity contribution in [2.75, 3.05) is 11.9 Å². The maximum atomic E-state index is 12.5. The summed E-state index contributed by atoms with van der Waals surface area (Å²) in [7, 11) is -4.93. The van der Waals surface area contributed by atoms with Gasteiger partial charge in [0.25, 0.3) is 17.6 Å². The lowest BCUT2D eigenvalue weighted by Gasteiger charge is -2.44. The molecule has 0 saturated carbocycles. The van der Waals surface area contributed by atoms with E-state index in [0.29, 0.717) is 13.0 Å². The fourth-order valence-electron chi connectivity index (χ4n) is 3.50. The van der Waals surface area contributed by atoms with E-state index in [4.69, 9.17) is 4.74 Å². The second-order valence-electron chi connectivity index (χ2n) is 8.64. The molecule has 2 fully saturated rings. The molecule has 2 saturated heterocycles. The second kappa shape index (κ2) is 9.27. The van der Waals surface area contributed by atoms with E-state index in [1.54, 1.807) is 20.8 Å². The molecule has 3 rings (SSSR count). The van der Waals surface area contributed by atoms with E-state index in [9.17, 15) is 36.9 Å². The highest BCUT2D eigenvalue weighted by Gasteiger charge is 2.55. The van der Waals surface area contributed by atoms with Gasteiger partial charge in [0, 0.05) is 17.8 Å². The number of ether oxygens (including phenoxy) is 1. The number of hydrogen-bond donors (Lipinski definition) is 4. The number of rotatable bonds is 7. The molecule has 2 aliphatic heterocycles. The van der Waals surface area contributed by atoms with Crippen molar-refractivity contribution in [3.8, 4) is 0 Å². The number of carbonyl (C=O) groups excluding carboxylic acids is 5. The standard InChI is InChI=1S/C18H23N5O9S2/c1-18(2,3)32-17(28)22-16-20-9(7-33-16)12(24)14(26)21-11-10(6-8-4-5-19-13(8)25)23(15(11)27)34(29,30)31/h7-8,10-11H,4-6H2,1-3H3,(H,19,25)(H,21,26)(H,20,22,28)(H,29,30,31)/t8?,10-,11+/m1/s1. The second-order valence-corrected chi connectivity index (χ2v) is 10.8. The maximum absolute atomic E-state index is 12.5. The van der Waals surface area contributed by atoms with E-state index in [2.05, 4.69) is 20.9 Å². The highest BCUT2D eigenvalue weighted by Crippen LogP contribution is 2.31. The topological polar surface area (TPSA) is 201 Å². The average molecular weight is 518 g/mol. The van der Waals surface area contributed by atoms with Gasteiger partial charge in [0.2, 0.25) is 5.91 Å². The highest BCUT2D eigenvalue weighted by molar-refractivity contribution is 7.84. The summed E-state index contributed by atoms with van der Waals surface area (Å²) in [6.45, 7) is 5.34. The Kier molecular flexibility index (Phi) is 6.95. The zero-order chi connectivity index (χ0) is 25.4. The van der Waals surface area contributed by atoms with Gasteiger partial charge in [-0.2, -0.15) is 8.42 Å². The molecule has 3 atom stereocenters. The van der Waals surface area contributed by atoms with Crippen molar-refractivity contribution >= 4 is 56.4 Å². The van der Waals surface area contributed by atoms with Crippen LogP contribution >= 0.6 is 11.3 Å². The molecule has 1 aromatic rings. The largest absolute Gasteiger partial charge is 0.444 e. The van der Waals surface area contributed by atoms with Gasteiger partial charge < -0.3 is 15.4 Å². The number of hydrogen-bond acceptors (Lipinski definition) is 10. The summed E-state index contributed by atoms with van der Waals surface area (Å²) >= 11 is 0.859. The lowest BCUT2D eigenvalue weighted by Crippen LogP contribution is -2.72. The summed E-state index contributed by atoms with van der Waals surface area (Å²) in [6.07, 6.45) is -0.569. The van der Waals surface area contributed by atoms with Gasteiger partial charge in [0.15, 0.2) is 5.13 Å². The first-order valence-corrected chi connectivity index (χ1v) is 12.3. The Labute approximate surface area is 198 Å². The fourth-order valence-corrected chi connectivity index (χ4v) is 5.07. The van der Waals surface area contributed by atoms with Crippen molar-refractivity contribution in [1.29, 1.82) is 0 Å². The zero-order valence-electron chi connectivity index (χ0n) is 18.4. The van der Waals surface area contributed by atoms with Crippen LogP contribution in [0.4, 0.5) is 9.93 Å². The maximum Gasteiger partial charge on any atom is 0.413 e. The summed E-state index contributed by atoms with van der Waals surface area (Å²) in [6, 6.07) is -2.68. The molecule has 0 aromatic carbocycles. The minimum Gasteiger partial charge on any atom is -0.444 e. The van der Waals surface area contributed by atoms with Crippen LogP contribution in [0.2, 0.25) is 0 Å². The Bertz CT molecular complexity index is 1140. The normalized spacial score (nSPS) is 22.6. The minimum absolute atomic E-state index is 0.00667. The number of amides is 4. The molecule has 3 heterocycles. The Morgan fingerprint density at radius 3 is 2.56 bits per heavy atom. The Morgan fingerprint density at radius 2 is 2.00 bits per heavy atom. The van der Waals surface area contributed by atoms with Crippen LogP contribution in [0.25, 0.3) is 0 Å². The molecule has 14 nitrogen and oxygen atoms in total. The van der Waals surface area contributed by atoms with Crippen LogP contribution < -0.4 is 16.0 Å². The van der Waals surface area contributed by atoms with Crippen LogP contribution in [-0.4, -0.2) is 76.1 Å². The smallest absolute Gasteiger partial charge is 0.413 e. The quantitative estimate of drug-likeness (QED) is 0.161. The molecule has 0 radical (unpaired) electrons. The van der Waals surface area contributed by atoms with Crippen molar-refractivity contribution in [2.24, 2.45) is 5.92 Å². The van der Waals surface area contributed by atoms with E-state index in [1.807, 2.05) is 0 Å². The zero-order valence-corrected chi connectivity index (χ0v) is 20.0. The molecule has 4 N–H and O–H groups in total. The third kappa shape index (κ3) is 5.68. The average Bonchev–Trinajstić information content (AvgIpc) is 3.31. The molecule has 2 aliphatic rings. The first kappa shape index (κ1) is 25.5. The summed E-state index contributed by atoms with van der Waals surface area (Å²) in [4.78, 5) is 64.7. The number of Topliss-reactive ketones (excluding diaryl/α,β-unsaturated/α-hetero) is 1. The molecule has 16 heteroatoms.